The van der Waals surface area contributed by atoms with Gasteiger partial charge >= 0.3 is 0 Å². The van der Waals surface area contributed by atoms with Gasteiger partial charge in [0, 0.05) is 25.4 Å². The summed E-state index contributed by atoms with van der Waals surface area (Å²) in [4.78, 5) is 7.80. The number of nitrogens with zero attached hydrogens (tertiary/aromatic N) is 3. The van der Waals surface area contributed by atoms with Gasteiger partial charge in [-0.05, 0) is 6.07 Å². The lowest BCUT2D eigenvalue weighted by atomic mass is 10.3. The molecule has 0 saturated carbocycles. The number of anilines is 1. The molecule has 6 heteroatoms. The van der Waals surface area contributed by atoms with Crippen LogP contribution in [0.2, 0.25) is 5.02 Å². The molecule has 1 N–H and O–H groups in total. The number of rotatable bonds is 4. The minimum absolute atomic E-state index is 0.602. The average Bonchev–Trinajstić information content (AvgIpc) is 2.74. The zero-order valence-corrected chi connectivity index (χ0v) is 8.61. The minimum atomic E-state index is 0.602. The van der Waals surface area contributed by atoms with E-state index in [0.717, 1.165) is 5.69 Å². The van der Waals surface area contributed by atoms with Crippen molar-refractivity contribution in [3.05, 3.63) is 35.7 Å². The highest BCUT2D eigenvalue weighted by Crippen LogP contribution is 2.18. The van der Waals surface area contributed by atoms with Crippen LogP contribution in [0.5, 0.6) is 0 Å². The van der Waals surface area contributed by atoms with Crippen molar-refractivity contribution in [2.24, 2.45) is 0 Å². The number of halogens is 1. The van der Waals surface area contributed by atoms with E-state index in [0.29, 0.717) is 23.8 Å². The van der Waals surface area contributed by atoms with Gasteiger partial charge in [-0.15, -0.1) is 0 Å². The summed E-state index contributed by atoms with van der Waals surface area (Å²) in [6.07, 6.45) is 5.28. The highest BCUT2D eigenvalue weighted by atomic mass is 35.5. The van der Waals surface area contributed by atoms with Crippen LogP contribution in [0.25, 0.3) is 0 Å². The van der Waals surface area contributed by atoms with Crippen molar-refractivity contribution in [1.29, 1.82) is 0 Å². The highest BCUT2D eigenvalue weighted by Gasteiger charge is 2.00. The molecule has 5 nitrogen and oxygen atoms in total. The van der Waals surface area contributed by atoms with Crippen LogP contribution in [0, 0.1) is 0 Å². The fraction of sp³-hybridized carbons (Fsp3) is 0.222. The predicted molar refractivity (Wildman–Crippen MR) is 55.7 cm³/mol. The first-order valence-corrected chi connectivity index (χ1v) is 4.82. The molecule has 0 amide bonds. The van der Waals surface area contributed by atoms with E-state index in [-0.39, 0.29) is 0 Å². The van der Waals surface area contributed by atoms with Crippen LogP contribution < -0.4 is 5.32 Å². The fourth-order valence-electron chi connectivity index (χ4n) is 1.13. The van der Waals surface area contributed by atoms with Gasteiger partial charge in [0.05, 0.1) is 10.7 Å². The van der Waals surface area contributed by atoms with Gasteiger partial charge < -0.3 is 9.84 Å². The molecule has 0 aliphatic heterocycles. The van der Waals surface area contributed by atoms with Gasteiger partial charge in [-0.1, -0.05) is 16.8 Å². The number of hydrogen-bond acceptors (Lipinski definition) is 5. The first kappa shape index (κ1) is 9.92. The molecule has 0 spiro atoms. The Morgan fingerprint density at radius 3 is 3.13 bits per heavy atom. The molecule has 2 rings (SSSR count). The van der Waals surface area contributed by atoms with Gasteiger partial charge in [0.15, 0.2) is 5.82 Å². The quantitative estimate of drug-likeness (QED) is 0.858. The molecular formula is C9H9ClN4O. The van der Waals surface area contributed by atoms with Crippen LogP contribution >= 0.6 is 11.6 Å². The van der Waals surface area contributed by atoms with E-state index in [9.17, 15) is 0 Å². The standard InChI is InChI=1S/C9H9ClN4O/c10-7-5-11-3-1-8(7)12-4-2-9-13-6-15-14-9/h1,3,5-6H,2,4H2,(H,11,12). The lowest BCUT2D eigenvalue weighted by molar-refractivity contribution is 0.410. The summed E-state index contributed by atoms with van der Waals surface area (Å²) < 4.78 is 4.62. The van der Waals surface area contributed by atoms with Crippen LogP contribution in [0.4, 0.5) is 5.69 Å². The van der Waals surface area contributed by atoms with Crippen LogP contribution in [0.1, 0.15) is 5.82 Å². The molecular weight excluding hydrogens is 216 g/mol. The average molecular weight is 225 g/mol. The van der Waals surface area contributed by atoms with Crippen LogP contribution in [0.3, 0.4) is 0 Å². The van der Waals surface area contributed by atoms with Crippen LogP contribution in [0.15, 0.2) is 29.4 Å². The van der Waals surface area contributed by atoms with E-state index < -0.39 is 0 Å². The summed E-state index contributed by atoms with van der Waals surface area (Å²) in [7, 11) is 0. The normalized spacial score (nSPS) is 10.2. The van der Waals surface area contributed by atoms with E-state index in [2.05, 4.69) is 25.0 Å². The lowest BCUT2D eigenvalue weighted by Crippen LogP contribution is -2.06. The molecule has 2 heterocycles. The SMILES string of the molecule is Clc1cnccc1NCCc1ncon1. The molecule has 2 aromatic rings. The van der Waals surface area contributed by atoms with Crippen LogP contribution in [-0.4, -0.2) is 21.7 Å². The zero-order chi connectivity index (χ0) is 10.5. The monoisotopic (exact) mass is 224 g/mol. The Kier molecular flexibility index (Phi) is 3.14. The molecule has 0 aliphatic carbocycles. The summed E-state index contributed by atoms with van der Waals surface area (Å²) in [5.41, 5.74) is 0.857. The summed E-state index contributed by atoms with van der Waals surface area (Å²) in [6.45, 7) is 0.698. The number of aromatic nitrogens is 3. The van der Waals surface area contributed by atoms with Gasteiger partial charge in [-0.2, -0.15) is 4.98 Å². The Morgan fingerprint density at radius 2 is 2.40 bits per heavy atom. The van der Waals surface area contributed by atoms with Crippen LogP contribution in [-0.2, 0) is 6.42 Å². The van der Waals surface area contributed by atoms with Gasteiger partial charge in [-0.25, -0.2) is 0 Å². The maximum Gasteiger partial charge on any atom is 0.213 e. The van der Waals surface area contributed by atoms with Crippen molar-refractivity contribution in [3.8, 4) is 0 Å². The highest BCUT2D eigenvalue weighted by molar-refractivity contribution is 6.33. The predicted octanol–water partition coefficient (Wildman–Crippen LogP) is 1.77. The summed E-state index contributed by atoms with van der Waals surface area (Å²) in [6, 6.07) is 1.82. The zero-order valence-electron chi connectivity index (χ0n) is 7.85. The molecule has 2 aromatic heterocycles. The Labute approximate surface area is 91.5 Å². The van der Waals surface area contributed by atoms with Gasteiger partial charge in [0.2, 0.25) is 6.39 Å². The summed E-state index contributed by atoms with van der Waals surface area (Å²) in [5.74, 6) is 0.674. The molecule has 0 unspecified atom stereocenters. The first-order chi connectivity index (χ1) is 7.36. The van der Waals surface area contributed by atoms with Crippen molar-refractivity contribution in [3.63, 3.8) is 0 Å². The second-order valence-electron chi connectivity index (χ2n) is 2.88. The third-order valence-corrected chi connectivity index (χ3v) is 2.14. The van der Waals surface area contributed by atoms with Gasteiger partial charge in [-0.3, -0.25) is 4.98 Å². The van der Waals surface area contributed by atoms with Crippen molar-refractivity contribution in [1.82, 2.24) is 15.1 Å². The van der Waals surface area contributed by atoms with E-state index in [1.807, 2.05) is 6.07 Å². The Bertz CT molecular complexity index is 418. The molecule has 0 saturated heterocycles. The molecule has 0 bridgehead atoms. The number of nitrogens with one attached hydrogen (secondary N) is 1. The van der Waals surface area contributed by atoms with Crippen molar-refractivity contribution in [2.45, 2.75) is 6.42 Å². The second-order valence-corrected chi connectivity index (χ2v) is 3.29. The Morgan fingerprint density at radius 1 is 1.47 bits per heavy atom. The summed E-state index contributed by atoms with van der Waals surface area (Å²) >= 11 is 5.91. The summed E-state index contributed by atoms with van der Waals surface area (Å²) in [5, 5.41) is 7.46. The van der Waals surface area contributed by atoms with E-state index >= 15 is 0 Å². The molecule has 0 aromatic carbocycles. The minimum Gasteiger partial charge on any atom is -0.383 e. The molecule has 0 radical (unpaired) electrons. The topological polar surface area (TPSA) is 63.8 Å². The number of hydrogen-bond donors (Lipinski definition) is 1. The van der Waals surface area contributed by atoms with Gasteiger partial charge in [0.1, 0.15) is 0 Å². The smallest absolute Gasteiger partial charge is 0.213 e. The Balaban J connectivity index is 1.86. The fourth-order valence-corrected chi connectivity index (χ4v) is 1.32. The molecule has 78 valence electrons. The van der Waals surface area contributed by atoms with Gasteiger partial charge in [0.25, 0.3) is 0 Å². The lowest BCUT2D eigenvalue weighted by Gasteiger charge is -2.05. The second kappa shape index (κ2) is 4.75. The third kappa shape index (κ3) is 2.66. The maximum absolute atomic E-state index is 5.91. The first-order valence-electron chi connectivity index (χ1n) is 4.45. The Hall–Kier alpha value is -1.62. The number of pyridine rings is 1. The molecule has 0 atom stereocenters. The van der Waals surface area contributed by atoms with Crippen molar-refractivity contribution in [2.75, 3.05) is 11.9 Å². The van der Waals surface area contributed by atoms with E-state index in [1.54, 1.807) is 12.4 Å². The maximum atomic E-state index is 5.91. The molecule has 15 heavy (non-hydrogen) atoms. The molecule has 0 aliphatic rings. The van der Waals surface area contributed by atoms with E-state index in [1.165, 1.54) is 6.39 Å². The van der Waals surface area contributed by atoms with Crippen molar-refractivity contribution >= 4 is 17.3 Å². The van der Waals surface area contributed by atoms with E-state index in [4.69, 9.17) is 11.6 Å². The van der Waals surface area contributed by atoms with Crippen molar-refractivity contribution < 1.29 is 4.52 Å². The third-order valence-electron chi connectivity index (χ3n) is 1.84. The molecule has 0 fully saturated rings. The largest absolute Gasteiger partial charge is 0.383 e.